The van der Waals surface area contributed by atoms with Crippen molar-refractivity contribution in [2.75, 3.05) is 31.1 Å². The van der Waals surface area contributed by atoms with Crippen LogP contribution in [0.25, 0.3) is 0 Å². The Kier molecular flexibility index (Phi) is 3.46. The Bertz CT molecular complexity index is 427. The molecule has 2 heterocycles. The van der Waals surface area contributed by atoms with E-state index in [1.54, 1.807) is 6.20 Å². The summed E-state index contributed by atoms with van der Waals surface area (Å²) in [5, 5.41) is 0. The third-order valence-corrected chi connectivity index (χ3v) is 3.07. The van der Waals surface area contributed by atoms with Crippen LogP contribution < -0.4 is 10.5 Å². The summed E-state index contributed by atoms with van der Waals surface area (Å²) >= 11 is 0. The molecule has 0 saturated carbocycles. The van der Waals surface area contributed by atoms with Crippen LogP contribution in [0.1, 0.15) is 13.3 Å². The normalized spacial score (nSPS) is 16.1. The maximum absolute atomic E-state index is 11.5. The van der Waals surface area contributed by atoms with Crippen molar-refractivity contribution in [2.45, 2.75) is 13.3 Å². The van der Waals surface area contributed by atoms with E-state index in [1.807, 2.05) is 17.9 Å². The maximum atomic E-state index is 11.5. The largest absolute Gasteiger partial charge is 0.367 e. The lowest BCUT2D eigenvalue weighted by molar-refractivity contribution is -0.131. The highest BCUT2D eigenvalue weighted by molar-refractivity contribution is 5.76. The summed E-state index contributed by atoms with van der Waals surface area (Å²) in [5.74, 6) is 0.214. The first kappa shape index (κ1) is 11.7. The Morgan fingerprint density at radius 3 is 2.53 bits per heavy atom. The van der Waals surface area contributed by atoms with Crippen LogP contribution >= 0.6 is 0 Å². The van der Waals surface area contributed by atoms with Crippen LogP contribution in [0.15, 0.2) is 23.1 Å². The van der Waals surface area contributed by atoms with Gasteiger partial charge in [-0.2, -0.15) is 0 Å². The molecule has 2 rings (SSSR count). The van der Waals surface area contributed by atoms with E-state index in [2.05, 4.69) is 9.88 Å². The SMILES string of the molecule is CCC(=O)N1CCN(c2ccc(=O)[nH]c2)CC1. The Labute approximate surface area is 100 Å². The summed E-state index contributed by atoms with van der Waals surface area (Å²) < 4.78 is 0. The summed E-state index contributed by atoms with van der Waals surface area (Å²) in [7, 11) is 0. The second kappa shape index (κ2) is 5.03. The van der Waals surface area contributed by atoms with Crippen molar-refractivity contribution in [1.29, 1.82) is 0 Å². The van der Waals surface area contributed by atoms with E-state index >= 15 is 0 Å². The second-order valence-corrected chi connectivity index (χ2v) is 4.13. The van der Waals surface area contributed by atoms with Gasteiger partial charge in [0, 0.05) is 44.9 Å². The average Bonchev–Trinajstić information content (AvgIpc) is 2.39. The number of aromatic nitrogens is 1. The molecule has 0 radical (unpaired) electrons. The van der Waals surface area contributed by atoms with Gasteiger partial charge in [0.1, 0.15) is 0 Å². The molecule has 0 spiro atoms. The summed E-state index contributed by atoms with van der Waals surface area (Å²) in [5.41, 5.74) is 0.918. The van der Waals surface area contributed by atoms with Crippen LogP contribution in [-0.4, -0.2) is 42.0 Å². The van der Waals surface area contributed by atoms with E-state index in [-0.39, 0.29) is 11.5 Å². The number of nitrogens with one attached hydrogen (secondary N) is 1. The van der Waals surface area contributed by atoms with Gasteiger partial charge in [0.2, 0.25) is 11.5 Å². The van der Waals surface area contributed by atoms with E-state index < -0.39 is 0 Å². The fourth-order valence-corrected chi connectivity index (χ4v) is 2.04. The molecule has 1 aromatic heterocycles. The Hall–Kier alpha value is -1.78. The number of pyridine rings is 1. The number of hydrogen-bond donors (Lipinski definition) is 1. The first-order valence-electron chi connectivity index (χ1n) is 5.92. The van der Waals surface area contributed by atoms with Crippen LogP contribution in [0.5, 0.6) is 0 Å². The van der Waals surface area contributed by atoms with Gasteiger partial charge in [-0.05, 0) is 6.07 Å². The molecule has 0 bridgehead atoms. The highest BCUT2D eigenvalue weighted by atomic mass is 16.2. The molecule has 1 aliphatic heterocycles. The van der Waals surface area contributed by atoms with Crippen molar-refractivity contribution >= 4 is 11.6 Å². The molecule has 1 N–H and O–H groups in total. The zero-order valence-corrected chi connectivity index (χ0v) is 9.98. The summed E-state index contributed by atoms with van der Waals surface area (Å²) in [6, 6.07) is 3.34. The lowest BCUT2D eigenvalue weighted by atomic mass is 10.2. The minimum atomic E-state index is -0.0893. The molecule has 17 heavy (non-hydrogen) atoms. The van der Waals surface area contributed by atoms with Gasteiger partial charge >= 0.3 is 0 Å². The third-order valence-electron chi connectivity index (χ3n) is 3.07. The number of rotatable bonds is 2. The molecular weight excluding hydrogens is 218 g/mol. The lowest BCUT2D eigenvalue weighted by Gasteiger charge is -2.35. The zero-order chi connectivity index (χ0) is 12.3. The molecule has 1 saturated heterocycles. The second-order valence-electron chi connectivity index (χ2n) is 4.13. The molecule has 0 unspecified atom stereocenters. The fraction of sp³-hybridized carbons (Fsp3) is 0.500. The van der Waals surface area contributed by atoms with E-state index in [9.17, 15) is 9.59 Å². The molecule has 1 aromatic rings. The van der Waals surface area contributed by atoms with Gasteiger partial charge in [0.25, 0.3) is 0 Å². The number of nitrogens with zero attached hydrogens (tertiary/aromatic N) is 2. The van der Waals surface area contributed by atoms with E-state index in [1.165, 1.54) is 6.07 Å². The Morgan fingerprint density at radius 1 is 1.29 bits per heavy atom. The van der Waals surface area contributed by atoms with Gasteiger partial charge in [-0.15, -0.1) is 0 Å². The lowest BCUT2D eigenvalue weighted by Crippen LogP contribution is -2.48. The van der Waals surface area contributed by atoms with E-state index in [0.717, 1.165) is 31.9 Å². The predicted octanol–water partition coefficient (Wildman–Crippen LogP) is 0.433. The molecule has 0 aromatic carbocycles. The number of amides is 1. The summed E-state index contributed by atoms with van der Waals surface area (Å²) in [4.78, 5) is 29.2. The number of anilines is 1. The predicted molar refractivity (Wildman–Crippen MR) is 66.1 cm³/mol. The van der Waals surface area contributed by atoms with Crippen LogP contribution in [0.4, 0.5) is 5.69 Å². The van der Waals surface area contributed by atoms with Gasteiger partial charge in [0.05, 0.1) is 5.69 Å². The Morgan fingerprint density at radius 2 is 2.00 bits per heavy atom. The molecule has 1 aliphatic rings. The number of aromatic amines is 1. The van der Waals surface area contributed by atoms with Gasteiger partial charge < -0.3 is 14.8 Å². The topological polar surface area (TPSA) is 56.4 Å². The first-order valence-corrected chi connectivity index (χ1v) is 5.92. The van der Waals surface area contributed by atoms with Crippen molar-refractivity contribution in [2.24, 2.45) is 0 Å². The minimum absolute atomic E-state index is 0.0893. The minimum Gasteiger partial charge on any atom is -0.367 e. The number of carbonyl (C=O) groups excluding carboxylic acids is 1. The van der Waals surface area contributed by atoms with Crippen LogP contribution in [-0.2, 0) is 4.79 Å². The standard InChI is InChI=1S/C12H17N3O2/c1-2-12(17)15-7-5-14(6-8-15)10-3-4-11(16)13-9-10/h3-4,9H,2,5-8H2,1H3,(H,13,16). The smallest absolute Gasteiger partial charge is 0.248 e. The van der Waals surface area contributed by atoms with Crippen LogP contribution in [0.3, 0.4) is 0 Å². The Balaban J connectivity index is 1.97. The van der Waals surface area contributed by atoms with E-state index in [4.69, 9.17) is 0 Å². The third kappa shape index (κ3) is 2.67. The van der Waals surface area contributed by atoms with Gasteiger partial charge in [-0.3, -0.25) is 9.59 Å². The fourth-order valence-electron chi connectivity index (χ4n) is 2.04. The van der Waals surface area contributed by atoms with Crippen LogP contribution in [0, 0.1) is 0 Å². The molecule has 1 fully saturated rings. The molecule has 92 valence electrons. The number of H-pyrrole nitrogens is 1. The average molecular weight is 235 g/mol. The molecule has 0 atom stereocenters. The molecule has 5 heteroatoms. The highest BCUT2D eigenvalue weighted by Gasteiger charge is 2.19. The van der Waals surface area contributed by atoms with Crippen molar-refractivity contribution in [1.82, 2.24) is 9.88 Å². The van der Waals surface area contributed by atoms with Gasteiger partial charge in [0.15, 0.2) is 0 Å². The summed E-state index contributed by atoms with van der Waals surface area (Å²) in [6.45, 7) is 5.03. The number of piperazine rings is 1. The molecule has 5 nitrogen and oxygen atoms in total. The number of hydrogen-bond acceptors (Lipinski definition) is 3. The van der Waals surface area contributed by atoms with Crippen LogP contribution in [0.2, 0.25) is 0 Å². The molecule has 0 aliphatic carbocycles. The number of carbonyl (C=O) groups is 1. The zero-order valence-electron chi connectivity index (χ0n) is 9.98. The van der Waals surface area contributed by atoms with Crippen molar-refractivity contribution in [3.63, 3.8) is 0 Å². The maximum Gasteiger partial charge on any atom is 0.248 e. The molecule has 1 amide bonds. The monoisotopic (exact) mass is 235 g/mol. The van der Waals surface area contributed by atoms with E-state index in [0.29, 0.717) is 6.42 Å². The van der Waals surface area contributed by atoms with Gasteiger partial charge in [-0.1, -0.05) is 6.92 Å². The molecular formula is C12H17N3O2. The quantitative estimate of drug-likeness (QED) is 0.809. The highest BCUT2D eigenvalue weighted by Crippen LogP contribution is 2.13. The van der Waals surface area contributed by atoms with Gasteiger partial charge in [-0.25, -0.2) is 0 Å². The van der Waals surface area contributed by atoms with Crippen molar-refractivity contribution < 1.29 is 4.79 Å². The van der Waals surface area contributed by atoms with Crippen molar-refractivity contribution in [3.8, 4) is 0 Å². The summed E-state index contributed by atoms with van der Waals surface area (Å²) in [6.07, 6.45) is 2.29. The first-order chi connectivity index (χ1) is 8.20. The van der Waals surface area contributed by atoms with Crippen molar-refractivity contribution in [3.05, 3.63) is 28.7 Å².